The van der Waals surface area contributed by atoms with Crippen LogP contribution in [-0.2, 0) is 17.3 Å². The summed E-state index contributed by atoms with van der Waals surface area (Å²) in [7, 11) is 0. The molecular weight excluding hydrogens is 299 g/mol. The van der Waals surface area contributed by atoms with E-state index < -0.39 is 36.1 Å². The lowest BCUT2D eigenvalue weighted by Crippen LogP contribution is -2.42. The van der Waals surface area contributed by atoms with Crippen LogP contribution in [0.15, 0.2) is 24.3 Å². The van der Waals surface area contributed by atoms with E-state index in [4.69, 9.17) is 4.74 Å². The first-order valence-electron chi connectivity index (χ1n) is 6.78. The second-order valence-corrected chi connectivity index (χ2v) is 5.88. The molecule has 1 amide bonds. The van der Waals surface area contributed by atoms with Crippen LogP contribution in [0, 0.1) is 0 Å². The third-order valence-corrected chi connectivity index (χ3v) is 2.73. The molecule has 0 aliphatic rings. The van der Waals surface area contributed by atoms with E-state index in [1.54, 1.807) is 20.8 Å². The van der Waals surface area contributed by atoms with Gasteiger partial charge in [0.05, 0.1) is 18.2 Å². The molecule has 2 N–H and O–H groups in total. The molecule has 0 fully saturated rings. The Kier molecular flexibility index (Phi) is 5.82. The van der Waals surface area contributed by atoms with E-state index in [1.807, 2.05) is 0 Å². The van der Waals surface area contributed by atoms with Crippen molar-refractivity contribution in [2.24, 2.45) is 0 Å². The number of aliphatic hydroxyl groups excluding tert-OH is 1. The highest BCUT2D eigenvalue weighted by Crippen LogP contribution is 2.32. The summed E-state index contributed by atoms with van der Waals surface area (Å²) >= 11 is 0. The van der Waals surface area contributed by atoms with Gasteiger partial charge in [0.2, 0.25) is 0 Å². The quantitative estimate of drug-likeness (QED) is 0.896. The van der Waals surface area contributed by atoms with Crippen molar-refractivity contribution in [2.45, 2.75) is 45.0 Å². The number of carbonyl (C=O) groups is 1. The van der Waals surface area contributed by atoms with Gasteiger partial charge in [0.25, 0.3) is 0 Å². The number of rotatable bonds is 4. The highest BCUT2D eigenvalue weighted by molar-refractivity contribution is 5.68. The van der Waals surface area contributed by atoms with Crippen molar-refractivity contribution in [3.05, 3.63) is 35.4 Å². The highest BCUT2D eigenvalue weighted by atomic mass is 19.4. The minimum absolute atomic E-state index is 0.00473. The summed E-state index contributed by atoms with van der Waals surface area (Å²) in [6.45, 7) is 4.50. The van der Waals surface area contributed by atoms with Gasteiger partial charge in [-0.15, -0.1) is 0 Å². The number of alkyl carbamates (subject to hydrolysis) is 1. The summed E-state index contributed by atoms with van der Waals surface area (Å²) < 4.78 is 43.8. The zero-order valence-corrected chi connectivity index (χ0v) is 12.7. The zero-order valence-electron chi connectivity index (χ0n) is 12.7. The molecule has 0 aliphatic heterocycles. The monoisotopic (exact) mass is 319 g/mol. The Balaban J connectivity index is 2.81. The Hall–Kier alpha value is -1.76. The number of ether oxygens (including phenoxy) is 1. The summed E-state index contributed by atoms with van der Waals surface area (Å²) in [5.74, 6) is 0. The molecule has 0 unspecified atom stereocenters. The topological polar surface area (TPSA) is 58.6 Å². The van der Waals surface area contributed by atoms with Crippen molar-refractivity contribution < 1.29 is 27.8 Å². The van der Waals surface area contributed by atoms with Crippen LogP contribution in [0.1, 0.15) is 31.9 Å². The van der Waals surface area contributed by atoms with Crippen LogP contribution >= 0.6 is 0 Å². The van der Waals surface area contributed by atoms with Gasteiger partial charge in [0, 0.05) is 0 Å². The van der Waals surface area contributed by atoms with Crippen LogP contribution in [0.25, 0.3) is 0 Å². The van der Waals surface area contributed by atoms with Gasteiger partial charge in [-0.25, -0.2) is 4.79 Å². The smallest absolute Gasteiger partial charge is 0.416 e. The highest BCUT2D eigenvalue weighted by Gasteiger charge is 2.33. The predicted octanol–water partition coefficient (Wildman–Crippen LogP) is 3.13. The Morgan fingerprint density at radius 3 is 2.36 bits per heavy atom. The maximum Gasteiger partial charge on any atom is 0.416 e. The first-order valence-corrected chi connectivity index (χ1v) is 6.78. The van der Waals surface area contributed by atoms with Gasteiger partial charge in [-0.3, -0.25) is 0 Å². The van der Waals surface area contributed by atoms with Crippen LogP contribution in [0.2, 0.25) is 0 Å². The fourth-order valence-electron chi connectivity index (χ4n) is 1.88. The molecule has 1 aromatic rings. The van der Waals surface area contributed by atoms with Crippen LogP contribution in [0.4, 0.5) is 18.0 Å². The van der Waals surface area contributed by atoms with Crippen molar-refractivity contribution in [3.63, 3.8) is 0 Å². The van der Waals surface area contributed by atoms with E-state index in [0.29, 0.717) is 0 Å². The van der Waals surface area contributed by atoms with Gasteiger partial charge >= 0.3 is 12.3 Å². The van der Waals surface area contributed by atoms with Gasteiger partial charge in [0.15, 0.2) is 0 Å². The Bertz CT molecular complexity index is 509. The molecule has 0 aliphatic carbocycles. The van der Waals surface area contributed by atoms with E-state index in [2.05, 4.69) is 5.32 Å². The number of hydrogen-bond acceptors (Lipinski definition) is 3. The number of hydrogen-bond donors (Lipinski definition) is 2. The fourth-order valence-corrected chi connectivity index (χ4v) is 1.88. The number of nitrogens with one attached hydrogen (secondary N) is 1. The maximum absolute atomic E-state index is 12.9. The minimum Gasteiger partial charge on any atom is -0.444 e. The summed E-state index contributed by atoms with van der Waals surface area (Å²) in [6.07, 6.45) is -5.41. The molecule has 0 spiro atoms. The number of carbonyl (C=O) groups excluding carboxylic acids is 1. The van der Waals surface area contributed by atoms with Crippen LogP contribution in [0.5, 0.6) is 0 Å². The summed E-state index contributed by atoms with van der Waals surface area (Å²) in [4.78, 5) is 11.6. The van der Waals surface area contributed by atoms with E-state index in [-0.39, 0.29) is 12.0 Å². The Labute approximate surface area is 127 Å². The zero-order chi connectivity index (χ0) is 17.0. The molecule has 0 bridgehead atoms. The first-order chi connectivity index (χ1) is 10.0. The molecule has 0 heterocycles. The number of halogens is 3. The molecule has 0 saturated carbocycles. The Morgan fingerprint density at radius 2 is 1.86 bits per heavy atom. The normalized spacial score (nSPS) is 13.6. The maximum atomic E-state index is 12.9. The third kappa shape index (κ3) is 5.93. The van der Waals surface area contributed by atoms with Crippen molar-refractivity contribution in [1.29, 1.82) is 0 Å². The van der Waals surface area contributed by atoms with E-state index >= 15 is 0 Å². The second-order valence-electron chi connectivity index (χ2n) is 5.88. The summed E-state index contributed by atoms with van der Waals surface area (Å²) in [5.41, 5.74) is -1.50. The van der Waals surface area contributed by atoms with Crippen molar-refractivity contribution in [2.75, 3.05) is 6.61 Å². The molecule has 1 atom stereocenters. The molecule has 22 heavy (non-hydrogen) atoms. The Morgan fingerprint density at radius 1 is 1.27 bits per heavy atom. The van der Waals surface area contributed by atoms with Gasteiger partial charge in [-0.2, -0.15) is 13.2 Å². The van der Waals surface area contributed by atoms with E-state index in [1.165, 1.54) is 18.2 Å². The van der Waals surface area contributed by atoms with Crippen molar-refractivity contribution in [3.8, 4) is 0 Å². The van der Waals surface area contributed by atoms with Crippen LogP contribution < -0.4 is 5.32 Å². The van der Waals surface area contributed by atoms with Crippen molar-refractivity contribution in [1.82, 2.24) is 5.32 Å². The van der Waals surface area contributed by atoms with Gasteiger partial charge in [-0.1, -0.05) is 18.2 Å². The lowest BCUT2D eigenvalue weighted by atomic mass is 10.00. The van der Waals surface area contributed by atoms with Crippen molar-refractivity contribution >= 4 is 6.09 Å². The lowest BCUT2D eigenvalue weighted by Gasteiger charge is -2.23. The molecule has 7 heteroatoms. The largest absolute Gasteiger partial charge is 0.444 e. The number of alkyl halides is 3. The van der Waals surface area contributed by atoms with Gasteiger partial charge < -0.3 is 15.2 Å². The van der Waals surface area contributed by atoms with Gasteiger partial charge in [-0.05, 0) is 38.8 Å². The second kappa shape index (κ2) is 7.00. The molecule has 1 rings (SSSR count). The molecule has 0 aromatic heterocycles. The fraction of sp³-hybridized carbons (Fsp3) is 0.533. The molecule has 0 saturated heterocycles. The number of benzene rings is 1. The first kappa shape index (κ1) is 18.3. The molecule has 124 valence electrons. The van der Waals surface area contributed by atoms with Crippen LogP contribution in [0.3, 0.4) is 0 Å². The third-order valence-electron chi connectivity index (χ3n) is 2.73. The molecular formula is C15H20F3NO3. The minimum atomic E-state index is -4.48. The van der Waals surface area contributed by atoms with E-state index in [9.17, 15) is 23.1 Å². The number of aliphatic hydroxyl groups is 1. The molecule has 1 aromatic carbocycles. The predicted molar refractivity (Wildman–Crippen MR) is 75.4 cm³/mol. The average molecular weight is 319 g/mol. The van der Waals surface area contributed by atoms with E-state index in [0.717, 1.165) is 6.07 Å². The lowest BCUT2D eigenvalue weighted by molar-refractivity contribution is -0.138. The number of amides is 1. The average Bonchev–Trinajstić information content (AvgIpc) is 2.35. The SMILES string of the molecule is CC(C)(C)OC(=O)N[C@H](CO)Cc1ccccc1C(F)(F)F. The summed E-state index contributed by atoms with van der Waals surface area (Å²) in [5, 5.41) is 11.6. The molecule has 4 nitrogen and oxygen atoms in total. The standard InChI is InChI=1S/C15H20F3NO3/c1-14(2,3)22-13(21)19-11(9-20)8-10-6-4-5-7-12(10)15(16,17)18/h4-7,11,20H,8-9H2,1-3H3,(H,19,21)/t11-/m0/s1. The van der Waals surface area contributed by atoms with Gasteiger partial charge in [0.1, 0.15) is 5.60 Å². The summed E-state index contributed by atoms with van der Waals surface area (Å²) in [6, 6.07) is 4.20. The van der Waals surface area contributed by atoms with Crippen LogP contribution in [-0.4, -0.2) is 29.4 Å². The molecule has 0 radical (unpaired) electrons.